The zero-order valence-corrected chi connectivity index (χ0v) is 15.2. The van der Waals surface area contributed by atoms with E-state index in [0.717, 1.165) is 11.8 Å². The van der Waals surface area contributed by atoms with Gasteiger partial charge in [-0.2, -0.15) is 0 Å². The molecule has 8 heteroatoms. The summed E-state index contributed by atoms with van der Waals surface area (Å²) in [5.41, 5.74) is 0.797. The van der Waals surface area contributed by atoms with E-state index in [4.69, 9.17) is 11.6 Å². The lowest BCUT2D eigenvalue weighted by atomic mass is 9.99. The number of aromatic nitrogens is 2. The Morgan fingerprint density at radius 3 is 2.54 bits per heavy atom. The molecule has 138 valence electrons. The number of aliphatic carboxylic acids is 1. The fourth-order valence-electron chi connectivity index (χ4n) is 2.39. The first-order valence-corrected chi connectivity index (χ1v) is 8.54. The molecule has 0 aliphatic heterocycles. The maximum Gasteiger partial charge on any atom is 0.326 e. The van der Waals surface area contributed by atoms with Crippen molar-refractivity contribution in [2.75, 3.05) is 0 Å². The topological polar surface area (TPSA) is 101 Å². The van der Waals surface area contributed by atoms with Gasteiger partial charge in [-0.15, -0.1) is 0 Å². The number of hydrogen-bond acceptors (Lipinski definition) is 4. The normalized spacial score (nSPS) is 13.0. The Morgan fingerprint density at radius 1 is 1.31 bits per heavy atom. The standard InChI is InChI=1S/C18H20ClN3O4/c1-3-11(2)17(18(25)26)21-15(23)10-22-9-14(20-8-16(22)24)12-4-6-13(19)7-5-12/h4-9,11,17H,3,10H2,1-2H3,(H,21,23)(H,25,26). The number of rotatable bonds is 7. The Balaban J connectivity index is 2.19. The number of hydrogen-bond donors (Lipinski definition) is 2. The van der Waals surface area contributed by atoms with Gasteiger partial charge in [-0.3, -0.25) is 9.59 Å². The van der Waals surface area contributed by atoms with Crippen LogP contribution in [0.15, 0.2) is 41.5 Å². The summed E-state index contributed by atoms with van der Waals surface area (Å²) in [6.45, 7) is 3.30. The van der Waals surface area contributed by atoms with Crippen LogP contribution in [-0.4, -0.2) is 32.6 Å². The Labute approximate surface area is 155 Å². The second-order valence-corrected chi connectivity index (χ2v) is 6.45. The van der Waals surface area contributed by atoms with Gasteiger partial charge < -0.3 is 15.0 Å². The van der Waals surface area contributed by atoms with Crippen LogP contribution in [0.5, 0.6) is 0 Å². The maximum atomic E-state index is 12.2. The molecule has 1 amide bonds. The number of halogens is 1. The third-order valence-corrected chi connectivity index (χ3v) is 4.38. The number of carboxylic acids is 1. The minimum Gasteiger partial charge on any atom is -0.480 e. The first-order valence-electron chi connectivity index (χ1n) is 8.16. The average molecular weight is 378 g/mol. The van der Waals surface area contributed by atoms with E-state index in [1.807, 2.05) is 6.92 Å². The summed E-state index contributed by atoms with van der Waals surface area (Å²) >= 11 is 5.86. The van der Waals surface area contributed by atoms with Crippen LogP contribution < -0.4 is 10.9 Å². The Bertz CT molecular complexity index is 848. The average Bonchev–Trinajstić information content (AvgIpc) is 2.61. The van der Waals surface area contributed by atoms with Gasteiger partial charge in [0.15, 0.2) is 0 Å². The predicted molar refractivity (Wildman–Crippen MR) is 98.0 cm³/mol. The molecule has 2 rings (SSSR count). The van der Waals surface area contributed by atoms with E-state index >= 15 is 0 Å². The van der Waals surface area contributed by atoms with E-state index in [2.05, 4.69) is 10.3 Å². The Morgan fingerprint density at radius 2 is 1.96 bits per heavy atom. The fraction of sp³-hybridized carbons (Fsp3) is 0.333. The van der Waals surface area contributed by atoms with Crippen molar-refractivity contribution in [2.24, 2.45) is 5.92 Å². The third kappa shape index (κ3) is 4.92. The number of amides is 1. The SMILES string of the molecule is CCC(C)C(NC(=O)Cn1cc(-c2ccc(Cl)cc2)ncc1=O)C(=O)O. The molecule has 1 aromatic carbocycles. The lowest BCUT2D eigenvalue weighted by molar-refractivity contribution is -0.143. The van der Waals surface area contributed by atoms with E-state index in [1.165, 1.54) is 10.8 Å². The third-order valence-electron chi connectivity index (χ3n) is 4.12. The zero-order valence-electron chi connectivity index (χ0n) is 14.5. The van der Waals surface area contributed by atoms with Crippen molar-refractivity contribution in [1.29, 1.82) is 0 Å². The molecule has 1 aromatic heterocycles. The molecule has 1 heterocycles. The molecule has 0 spiro atoms. The minimum absolute atomic E-state index is 0.227. The van der Waals surface area contributed by atoms with Crippen LogP contribution in [0, 0.1) is 5.92 Å². The van der Waals surface area contributed by atoms with Crippen LogP contribution >= 0.6 is 11.6 Å². The van der Waals surface area contributed by atoms with Crippen molar-refractivity contribution in [2.45, 2.75) is 32.9 Å². The van der Waals surface area contributed by atoms with Crippen LogP contribution in [-0.2, 0) is 16.1 Å². The first kappa shape index (κ1) is 19.7. The second-order valence-electron chi connectivity index (χ2n) is 6.01. The molecule has 2 atom stereocenters. The lowest BCUT2D eigenvalue weighted by Crippen LogP contribution is -2.46. The summed E-state index contributed by atoms with van der Waals surface area (Å²) in [7, 11) is 0. The van der Waals surface area contributed by atoms with Gasteiger partial charge in [0.2, 0.25) is 5.91 Å². The van der Waals surface area contributed by atoms with Crippen LogP contribution in [0.4, 0.5) is 0 Å². The molecule has 2 aromatic rings. The Hall–Kier alpha value is -2.67. The van der Waals surface area contributed by atoms with E-state index < -0.39 is 23.5 Å². The van der Waals surface area contributed by atoms with Gasteiger partial charge in [-0.1, -0.05) is 44.0 Å². The van der Waals surface area contributed by atoms with E-state index in [0.29, 0.717) is 17.1 Å². The summed E-state index contributed by atoms with van der Waals surface area (Å²) in [4.78, 5) is 39.6. The van der Waals surface area contributed by atoms with Gasteiger partial charge in [0.1, 0.15) is 12.6 Å². The van der Waals surface area contributed by atoms with Gasteiger partial charge in [-0.25, -0.2) is 9.78 Å². The molecule has 26 heavy (non-hydrogen) atoms. The summed E-state index contributed by atoms with van der Waals surface area (Å²) < 4.78 is 1.20. The van der Waals surface area contributed by atoms with Gasteiger partial charge in [0, 0.05) is 16.8 Å². The predicted octanol–water partition coefficient (Wildman–Crippen LogP) is 2.18. The van der Waals surface area contributed by atoms with Crippen molar-refractivity contribution in [1.82, 2.24) is 14.9 Å². The molecule has 0 saturated carbocycles. The summed E-state index contributed by atoms with van der Waals surface area (Å²) in [5, 5.41) is 12.3. The number of nitrogens with one attached hydrogen (secondary N) is 1. The van der Waals surface area contributed by atoms with Gasteiger partial charge in [0.25, 0.3) is 5.56 Å². The number of carbonyl (C=O) groups excluding carboxylic acids is 1. The molecular weight excluding hydrogens is 358 g/mol. The quantitative estimate of drug-likeness (QED) is 0.770. The summed E-state index contributed by atoms with van der Waals surface area (Å²) in [6.07, 6.45) is 3.19. The molecular formula is C18H20ClN3O4. The van der Waals surface area contributed by atoms with Crippen molar-refractivity contribution in [3.8, 4) is 11.3 Å². The molecule has 2 unspecified atom stereocenters. The molecule has 0 fully saturated rings. The molecule has 0 radical (unpaired) electrons. The number of carbonyl (C=O) groups is 2. The van der Waals surface area contributed by atoms with E-state index in [1.54, 1.807) is 31.2 Å². The molecule has 0 bridgehead atoms. The molecule has 0 aliphatic rings. The van der Waals surface area contributed by atoms with Crippen molar-refractivity contribution < 1.29 is 14.7 Å². The zero-order chi connectivity index (χ0) is 19.3. The highest BCUT2D eigenvalue weighted by molar-refractivity contribution is 6.30. The largest absolute Gasteiger partial charge is 0.480 e. The summed E-state index contributed by atoms with van der Waals surface area (Å²) in [6, 6.07) is 5.90. The van der Waals surface area contributed by atoms with E-state index in [-0.39, 0.29) is 12.5 Å². The van der Waals surface area contributed by atoms with E-state index in [9.17, 15) is 19.5 Å². The highest BCUT2D eigenvalue weighted by atomic mass is 35.5. The highest BCUT2D eigenvalue weighted by Gasteiger charge is 2.25. The minimum atomic E-state index is -1.10. The molecule has 7 nitrogen and oxygen atoms in total. The Kier molecular flexibility index (Phi) is 6.52. The van der Waals surface area contributed by atoms with Crippen molar-refractivity contribution in [3.63, 3.8) is 0 Å². The van der Waals surface area contributed by atoms with Crippen LogP contribution in [0.3, 0.4) is 0 Å². The van der Waals surface area contributed by atoms with Crippen LogP contribution in [0.1, 0.15) is 20.3 Å². The van der Waals surface area contributed by atoms with Gasteiger partial charge >= 0.3 is 5.97 Å². The van der Waals surface area contributed by atoms with Gasteiger partial charge in [0.05, 0.1) is 11.9 Å². The summed E-state index contributed by atoms with van der Waals surface area (Å²) in [5.74, 6) is -1.88. The molecule has 2 N–H and O–H groups in total. The fourth-order valence-corrected chi connectivity index (χ4v) is 2.52. The number of nitrogens with zero attached hydrogens (tertiary/aromatic N) is 2. The lowest BCUT2D eigenvalue weighted by Gasteiger charge is -2.20. The second kappa shape index (κ2) is 8.62. The monoisotopic (exact) mass is 377 g/mol. The van der Waals surface area contributed by atoms with Crippen molar-refractivity contribution in [3.05, 3.63) is 52.0 Å². The number of benzene rings is 1. The smallest absolute Gasteiger partial charge is 0.326 e. The first-order chi connectivity index (χ1) is 12.3. The highest BCUT2D eigenvalue weighted by Crippen LogP contribution is 2.18. The van der Waals surface area contributed by atoms with Crippen LogP contribution in [0.25, 0.3) is 11.3 Å². The molecule has 0 saturated heterocycles. The van der Waals surface area contributed by atoms with Crippen LogP contribution in [0.2, 0.25) is 5.02 Å². The number of carboxylic acid groups (broad SMARTS) is 1. The molecule has 0 aliphatic carbocycles. The van der Waals surface area contributed by atoms with Gasteiger partial charge in [-0.05, 0) is 18.1 Å². The maximum absolute atomic E-state index is 12.2. The van der Waals surface area contributed by atoms with Crippen molar-refractivity contribution >= 4 is 23.5 Å².